The largest absolute Gasteiger partial charge is 0.476 e. The molecule has 0 aliphatic carbocycles. The number of thioether (sulfide) groups is 1. The van der Waals surface area contributed by atoms with Crippen LogP contribution in [0.2, 0.25) is 0 Å². The van der Waals surface area contributed by atoms with Gasteiger partial charge >= 0.3 is 7.82 Å². The van der Waals surface area contributed by atoms with Crippen molar-refractivity contribution in [1.29, 1.82) is 0 Å². The summed E-state index contributed by atoms with van der Waals surface area (Å²) in [6.07, 6.45) is -2.76. The summed E-state index contributed by atoms with van der Waals surface area (Å²) in [7, 11) is -4.12. The van der Waals surface area contributed by atoms with E-state index in [1.54, 1.807) is 27.7 Å². The van der Waals surface area contributed by atoms with Gasteiger partial charge in [0.15, 0.2) is 17.5 Å². The first-order valence-corrected chi connectivity index (χ1v) is 11.9. The van der Waals surface area contributed by atoms with Crippen molar-refractivity contribution in [3.05, 3.63) is 28.7 Å². The maximum Gasteiger partial charge on any atom is 0.476 e. The number of phosphoric ester groups is 1. The molecule has 5 atom stereocenters. The normalized spacial score (nSPS) is 34.0. The Bertz CT molecular complexity index is 921. The maximum atomic E-state index is 15.3. The highest BCUT2D eigenvalue weighted by Gasteiger charge is 2.62. The first-order valence-electron chi connectivity index (χ1n) is 9.45. The molecule has 0 aromatic carbocycles. The molecule has 2 N–H and O–H groups in total. The first-order chi connectivity index (χ1) is 13.9. The molecule has 0 amide bonds. The number of aromatic nitrogens is 1. The van der Waals surface area contributed by atoms with Gasteiger partial charge in [-0.25, -0.2) is 8.96 Å². The van der Waals surface area contributed by atoms with E-state index in [4.69, 9.17) is 24.0 Å². The second-order valence-corrected chi connectivity index (χ2v) is 10.8. The van der Waals surface area contributed by atoms with Crippen LogP contribution in [0.15, 0.2) is 23.1 Å². The molecule has 0 bridgehead atoms. The van der Waals surface area contributed by atoms with E-state index in [1.807, 2.05) is 0 Å². The molecule has 0 saturated carbocycles. The van der Waals surface area contributed by atoms with Gasteiger partial charge in [-0.15, -0.1) is 0 Å². The van der Waals surface area contributed by atoms with Crippen LogP contribution >= 0.6 is 19.6 Å². The molecule has 3 rings (SSSR count). The van der Waals surface area contributed by atoms with Crippen LogP contribution in [0.25, 0.3) is 0 Å². The fraction of sp³-hybridized carbons (Fsp3) is 0.667. The highest BCUT2D eigenvalue weighted by molar-refractivity contribution is 8.13. The Morgan fingerprint density at radius 3 is 2.80 bits per heavy atom. The van der Waals surface area contributed by atoms with Crippen molar-refractivity contribution in [2.24, 2.45) is 5.41 Å². The Morgan fingerprint density at radius 2 is 2.20 bits per heavy atom. The molecular weight excluding hydrogens is 438 g/mol. The number of fused-ring (bicyclic) bond motifs is 1. The Labute approximate surface area is 178 Å². The third-order valence-electron chi connectivity index (χ3n) is 5.00. The molecule has 12 heteroatoms. The minimum absolute atomic E-state index is 0.163. The van der Waals surface area contributed by atoms with Crippen molar-refractivity contribution in [3.63, 3.8) is 0 Å². The highest BCUT2D eigenvalue weighted by atomic mass is 32.2. The number of nitrogens with zero attached hydrogens (tertiary/aromatic N) is 1. The summed E-state index contributed by atoms with van der Waals surface area (Å²) < 4.78 is 51.1. The molecule has 2 aliphatic rings. The number of alkyl halides is 1. The summed E-state index contributed by atoms with van der Waals surface area (Å²) >= 11 is 0.832. The standard InChI is InChI=1S/C18H26FN2O7PS/c1-5-18-9-25-29(24,26-10-30-16(23)17(2,3)4)28-14(18)13(19)15(27-18)21-7-6-11(20)8-12(21)22/h6-8,13-15H,5,9-10,20H2,1-4H3/t13-,14+,15-,18-,29?/m1/s1. The number of carbonyl (C=O) groups is 1. The topological polar surface area (TPSA) is 119 Å². The zero-order valence-electron chi connectivity index (χ0n) is 17.2. The van der Waals surface area contributed by atoms with Gasteiger partial charge in [-0.05, 0) is 12.5 Å². The van der Waals surface area contributed by atoms with Gasteiger partial charge in [0, 0.05) is 23.4 Å². The smallest absolute Gasteiger partial charge is 0.399 e. The molecule has 0 spiro atoms. The minimum atomic E-state index is -4.12. The first kappa shape index (κ1) is 23.4. The molecule has 30 heavy (non-hydrogen) atoms. The van der Waals surface area contributed by atoms with E-state index in [0.717, 1.165) is 22.4 Å². The van der Waals surface area contributed by atoms with E-state index in [-0.39, 0.29) is 29.8 Å². The number of phosphoric acid groups is 1. The average Bonchev–Trinajstić information content (AvgIpc) is 2.94. The number of pyridine rings is 1. The lowest BCUT2D eigenvalue weighted by molar-refractivity contribution is -0.148. The van der Waals surface area contributed by atoms with Gasteiger partial charge in [0.2, 0.25) is 0 Å². The zero-order valence-corrected chi connectivity index (χ0v) is 18.9. The minimum Gasteiger partial charge on any atom is -0.399 e. The number of nitrogen functional groups attached to an aromatic ring is 1. The second kappa shape index (κ2) is 8.37. The van der Waals surface area contributed by atoms with Crippen molar-refractivity contribution in [2.75, 3.05) is 18.3 Å². The monoisotopic (exact) mass is 464 g/mol. The Kier molecular flexibility index (Phi) is 6.54. The molecule has 168 valence electrons. The van der Waals surface area contributed by atoms with Crippen LogP contribution in [0, 0.1) is 5.41 Å². The lowest BCUT2D eigenvalue weighted by Gasteiger charge is -2.39. The third kappa shape index (κ3) is 4.51. The Balaban J connectivity index is 1.75. The number of anilines is 1. The molecule has 1 aromatic rings. The number of carbonyl (C=O) groups excluding carboxylic acids is 1. The number of rotatable bonds is 5. The summed E-state index contributed by atoms with van der Waals surface area (Å²) in [5, 5.41) is -0.163. The summed E-state index contributed by atoms with van der Waals surface area (Å²) in [5.41, 5.74) is 3.45. The number of hydrogen-bond acceptors (Lipinski definition) is 9. The third-order valence-corrected chi connectivity index (χ3v) is 7.66. The van der Waals surface area contributed by atoms with E-state index in [9.17, 15) is 14.2 Å². The highest BCUT2D eigenvalue weighted by Crippen LogP contribution is 2.61. The zero-order chi connectivity index (χ0) is 22.3. The number of hydrogen-bond donors (Lipinski definition) is 1. The van der Waals surface area contributed by atoms with Crippen molar-refractivity contribution < 1.29 is 32.1 Å². The predicted molar refractivity (Wildman–Crippen MR) is 110 cm³/mol. The number of nitrogens with two attached hydrogens (primary N) is 1. The second-order valence-electron chi connectivity index (χ2n) is 8.25. The number of ether oxygens (including phenoxy) is 1. The van der Waals surface area contributed by atoms with Crippen LogP contribution in [0.5, 0.6) is 0 Å². The van der Waals surface area contributed by atoms with Crippen LogP contribution in [0.1, 0.15) is 40.3 Å². The van der Waals surface area contributed by atoms with Gasteiger partial charge in [0.05, 0.1) is 6.61 Å². The summed E-state index contributed by atoms with van der Waals surface area (Å²) in [4.78, 5) is 24.2. The predicted octanol–water partition coefficient (Wildman–Crippen LogP) is 3.25. The van der Waals surface area contributed by atoms with Crippen LogP contribution < -0.4 is 11.3 Å². The average molecular weight is 464 g/mol. The molecule has 2 saturated heterocycles. The van der Waals surface area contributed by atoms with Crippen molar-refractivity contribution in [1.82, 2.24) is 4.57 Å². The van der Waals surface area contributed by atoms with E-state index in [1.165, 1.54) is 12.3 Å². The fourth-order valence-corrected chi connectivity index (χ4v) is 5.61. The quantitative estimate of drug-likeness (QED) is 0.517. The van der Waals surface area contributed by atoms with Gasteiger partial charge in [-0.2, -0.15) is 0 Å². The molecule has 3 heterocycles. The fourth-order valence-electron chi connectivity index (χ4n) is 3.18. The molecule has 0 radical (unpaired) electrons. The Hall–Kier alpha value is -1.23. The molecule has 9 nitrogen and oxygen atoms in total. The summed E-state index contributed by atoms with van der Waals surface area (Å²) in [6, 6.07) is 2.61. The van der Waals surface area contributed by atoms with E-state index < -0.39 is 42.9 Å². The summed E-state index contributed by atoms with van der Waals surface area (Å²) in [6.45, 7) is 6.74. The maximum absolute atomic E-state index is 15.3. The van der Waals surface area contributed by atoms with Crippen molar-refractivity contribution >= 4 is 30.4 Å². The molecule has 2 aliphatic heterocycles. The van der Waals surface area contributed by atoms with Gasteiger partial charge < -0.3 is 10.5 Å². The SMILES string of the molecule is CC[C@@]12COP(=O)(OCSC(=O)C(C)(C)C)O[C@H]1[C@@H](F)[C@H](n1ccc(N)cc1=O)O2. The van der Waals surface area contributed by atoms with E-state index in [2.05, 4.69) is 0 Å². The molecular formula is C18H26FN2O7PS. The van der Waals surface area contributed by atoms with E-state index >= 15 is 4.39 Å². The molecule has 2 fully saturated rings. The van der Waals surface area contributed by atoms with Gasteiger partial charge in [0.25, 0.3) is 5.56 Å². The number of halogens is 1. The lowest BCUT2D eigenvalue weighted by atomic mass is 9.94. The van der Waals surface area contributed by atoms with Gasteiger partial charge in [-0.3, -0.25) is 27.7 Å². The van der Waals surface area contributed by atoms with Crippen LogP contribution in [0.4, 0.5) is 10.1 Å². The van der Waals surface area contributed by atoms with Crippen LogP contribution in [-0.2, 0) is 27.7 Å². The summed E-state index contributed by atoms with van der Waals surface area (Å²) in [5.74, 6) is -0.266. The Morgan fingerprint density at radius 1 is 1.50 bits per heavy atom. The van der Waals surface area contributed by atoms with Gasteiger partial charge in [-0.1, -0.05) is 39.5 Å². The molecule has 1 unspecified atom stereocenters. The van der Waals surface area contributed by atoms with Crippen LogP contribution in [0.3, 0.4) is 0 Å². The van der Waals surface area contributed by atoms with Crippen LogP contribution in [-0.4, -0.2) is 40.1 Å². The van der Waals surface area contributed by atoms with Crippen molar-refractivity contribution in [3.8, 4) is 0 Å². The molecule has 1 aromatic heterocycles. The lowest BCUT2D eigenvalue weighted by Crippen LogP contribution is -2.49. The van der Waals surface area contributed by atoms with E-state index in [0.29, 0.717) is 0 Å². The van der Waals surface area contributed by atoms with Gasteiger partial charge in [0.1, 0.15) is 17.6 Å². The van der Waals surface area contributed by atoms with Crippen molar-refractivity contribution in [2.45, 2.75) is 58.2 Å².